The lowest BCUT2D eigenvalue weighted by atomic mass is 9.90. The van der Waals surface area contributed by atoms with Crippen LogP contribution in [0.2, 0.25) is 0 Å². The molecule has 0 saturated heterocycles. The summed E-state index contributed by atoms with van der Waals surface area (Å²) in [5.41, 5.74) is 2.72. The van der Waals surface area contributed by atoms with Gasteiger partial charge in [-0.2, -0.15) is 0 Å². The van der Waals surface area contributed by atoms with E-state index in [4.69, 9.17) is 16.7 Å². The van der Waals surface area contributed by atoms with Gasteiger partial charge in [-0.25, -0.2) is 0 Å². The van der Waals surface area contributed by atoms with Gasteiger partial charge >= 0.3 is 0 Å². The molecule has 0 fully saturated rings. The first-order valence-corrected chi connectivity index (χ1v) is 9.69. The predicted octanol–water partition coefficient (Wildman–Crippen LogP) is 5.03. The molecule has 2 N–H and O–H groups in total. The molecule has 2 nitrogen and oxygen atoms in total. The first-order chi connectivity index (χ1) is 12.4. The Morgan fingerprint density at radius 2 is 1.32 bits per heavy atom. The van der Waals surface area contributed by atoms with Crippen LogP contribution >= 0.6 is 11.6 Å². The molecule has 0 bridgehead atoms. The summed E-state index contributed by atoms with van der Waals surface area (Å²) < 4.78 is 0. The number of rotatable bonds is 9. The molecule has 25 heavy (non-hydrogen) atoms. The third-order valence-electron chi connectivity index (χ3n) is 4.81. The zero-order valence-corrected chi connectivity index (χ0v) is 15.4. The third kappa shape index (κ3) is 4.14. The van der Waals surface area contributed by atoms with Crippen molar-refractivity contribution in [1.82, 2.24) is 5.32 Å². The summed E-state index contributed by atoms with van der Waals surface area (Å²) >= 11 is 6.09. The van der Waals surface area contributed by atoms with Gasteiger partial charge in [-0.05, 0) is 64.9 Å². The zero-order chi connectivity index (χ0) is 17.5. The van der Waals surface area contributed by atoms with Gasteiger partial charge in [-0.15, -0.1) is 11.6 Å². The molecule has 0 aliphatic carbocycles. The van der Waals surface area contributed by atoms with Crippen molar-refractivity contribution >= 4 is 33.1 Å². The highest BCUT2D eigenvalue weighted by molar-refractivity contribution is 6.18. The normalized spacial score (nSPS) is 11.4. The van der Waals surface area contributed by atoms with Gasteiger partial charge in [0.05, 0.1) is 0 Å². The summed E-state index contributed by atoms with van der Waals surface area (Å²) in [7, 11) is 0. The number of nitrogens with one attached hydrogen (secondary N) is 1. The minimum Gasteiger partial charge on any atom is -0.396 e. The van der Waals surface area contributed by atoms with Crippen molar-refractivity contribution in [2.75, 3.05) is 19.0 Å². The van der Waals surface area contributed by atoms with E-state index in [1.807, 2.05) is 0 Å². The first kappa shape index (κ1) is 18.2. The molecule has 0 spiro atoms. The van der Waals surface area contributed by atoms with Crippen LogP contribution in [0.4, 0.5) is 0 Å². The van der Waals surface area contributed by atoms with E-state index in [9.17, 15) is 0 Å². The summed E-state index contributed by atoms with van der Waals surface area (Å²) in [4.78, 5) is 0. The van der Waals surface area contributed by atoms with Crippen molar-refractivity contribution in [3.05, 3.63) is 59.7 Å². The van der Waals surface area contributed by atoms with Crippen molar-refractivity contribution < 1.29 is 5.11 Å². The summed E-state index contributed by atoms with van der Waals surface area (Å²) in [6.07, 6.45) is 3.94. The maximum Gasteiger partial charge on any atom is 0.0431 e. The number of aliphatic hydroxyl groups is 1. The van der Waals surface area contributed by atoms with Crippen LogP contribution in [0.15, 0.2) is 48.5 Å². The molecular formula is C22H26ClNO. The number of aliphatic hydroxyl groups excluding tert-OH is 1. The maximum absolute atomic E-state index is 8.88. The van der Waals surface area contributed by atoms with Gasteiger partial charge in [0.1, 0.15) is 0 Å². The highest BCUT2D eigenvalue weighted by Gasteiger charge is 2.12. The Bertz CT molecular complexity index is 774. The number of hydrogen-bond acceptors (Lipinski definition) is 2. The van der Waals surface area contributed by atoms with E-state index in [1.165, 1.54) is 32.7 Å². The smallest absolute Gasteiger partial charge is 0.0431 e. The Balaban J connectivity index is 1.97. The van der Waals surface area contributed by atoms with Gasteiger partial charge in [0, 0.05) is 19.0 Å². The van der Waals surface area contributed by atoms with Crippen LogP contribution in [0, 0.1) is 0 Å². The summed E-state index contributed by atoms with van der Waals surface area (Å²) in [6, 6.07) is 17.3. The van der Waals surface area contributed by atoms with Crippen molar-refractivity contribution in [2.24, 2.45) is 0 Å². The lowest BCUT2D eigenvalue weighted by molar-refractivity contribution is 0.283. The van der Waals surface area contributed by atoms with Crippen LogP contribution in [0.5, 0.6) is 0 Å². The average molecular weight is 356 g/mol. The Morgan fingerprint density at radius 3 is 1.84 bits per heavy atom. The Kier molecular flexibility index (Phi) is 6.69. The first-order valence-electron chi connectivity index (χ1n) is 9.15. The Hall–Kier alpha value is -1.61. The molecule has 132 valence electrons. The summed E-state index contributed by atoms with van der Waals surface area (Å²) in [5.74, 6) is 0.635. The van der Waals surface area contributed by atoms with Gasteiger partial charge in [-0.1, -0.05) is 48.5 Å². The number of halogens is 1. The molecular weight excluding hydrogens is 330 g/mol. The number of alkyl halides is 1. The van der Waals surface area contributed by atoms with E-state index in [0.29, 0.717) is 5.88 Å². The molecule has 0 unspecified atom stereocenters. The zero-order valence-electron chi connectivity index (χ0n) is 14.6. The second-order valence-corrected chi connectivity index (χ2v) is 6.83. The number of hydrogen-bond donors (Lipinski definition) is 2. The molecule has 3 heteroatoms. The van der Waals surface area contributed by atoms with Crippen LogP contribution in [0.3, 0.4) is 0 Å². The van der Waals surface area contributed by atoms with Gasteiger partial charge < -0.3 is 10.4 Å². The quantitative estimate of drug-likeness (QED) is 0.320. The number of aryl methyl sites for hydroxylation is 1. The fraction of sp³-hybridized carbons (Fsp3) is 0.364. The molecule has 3 rings (SSSR count). The van der Waals surface area contributed by atoms with Gasteiger partial charge in [-0.3, -0.25) is 0 Å². The van der Waals surface area contributed by atoms with Crippen molar-refractivity contribution in [1.29, 1.82) is 0 Å². The fourth-order valence-electron chi connectivity index (χ4n) is 3.62. The van der Waals surface area contributed by atoms with Crippen molar-refractivity contribution in [2.45, 2.75) is 32.2 Å². The Morgan fingerprint density at radius 1 is 0.760 bits per heavy atom. The molecule has 0 atom stereocenters. The molecule has 3 aromatic rings. The molecule has 0 aromatic heterocycles. The van der Waals surface area contributed by atoms with Crippen LogP contribution in [0.25, 0.3) is 21.5 Å². The lowest BCUT2D eigenvalue weighted by Gasteiger charge is -2.17. The number of benzene rings is 3. The molecule has 0 amide bonds. The molecule has 0 aliphatic rings. The number of fused-ring (bicyclic) bond motifs is 2. The fourth-order valence-corrected chi connectivity index (χ4v) is 3.80. The Labute approximate surface area is 154 Å². The molecule has 0 saturated carbocycles. The van der Waals surface area contributed by atoms with Crippen molar-refractivity contribution in [3.8, 4) is 0 Å². The highest BCUT2D eigenvalue weighted by atomic mass is 35.5. The van der Waals surface area contributed by atoms with E-state index in [1.54, 1.807) is 0 Å². The highest BCUT2D eigenvalue weighted by Crippen LogP contribution is 2.33. The van der Waals surface area contributed by atoms with E-state index >= 15 is 0 Å². The minimum absolute atomic E-state index is 0.289. The lowest BCUT2D eigenvalue weighted by Crippen LogP contribution is -2.15. The van der Waals surface area contributed by atoms with Gasteiger partial charge in [0.25, 0.3) is 0 Å². The molecule has 3 aromatic carbocycles. The minimum atomic E-state index is 0.289. The van der Waals surface area contributed by atoms with E-state index in [-0.39, 0.29) is 6.61 Å². The summed E-state index contributed by atoms with van der Waals surface area (Å²) in [5, 5.41) is 17.7. The van der Waals surface area contributed by atoms with Crippen LogP contribution in [-0.2, 0) is 13.0 Å². The largest absolute Gasteiger partial charge is 0.396 e. The van der Waals surface area contributed by atoms with Crippen LogP contribution < -0.4 is 5.32 Å². The molecule has 0 heterocycles. The topological polar surface area (TPSA) is 32.3 Å². The SMILES string of the molecule is OCCCCCNCc1c2ccccc2c(CCCl)c2ccccc12. The second-order valence-electron chi connectivity index (χ2n) is 6.45. The molecule has 0 radical (unpaired) electrons. The third-order valence-corrected chi connectivity index (χ3v) is 5.00. The van der Waals surface area contributed by atoms with E-state index in [2.05, 4.69) is 53.8 Å². The van der Waals surface area contributed by atoms with Crippen LogP contribution in [-0.4, -0.2) is 24.1 Å². The van der Waals surface area contributed by atoms with Crippen molar-refractivity contribution in [3.63, 3.8) is 0 Å². The maximum atomic E-state index is 8.88. The predicted molar refractivity (Wildman–Crippen MR) is 109 cm³/mol. The monoisotopic (exact) mass is 355 g/mol. The number of unbranched alkanes of at least 4 members (excludes halogenated alkanes) is 2. The van der Waals surface area contributed by atoms with E-state index in [0.717, 1.165) is 38.8 Å². The van der Waals surface area contributed by atoms with Crippen LogP contribution in [0.1, 0.15) is 30.4 Å². The van der Waals surface area contributed by atoms with E-state index < -0.39 is 0 Å². The van der Waals surface area contributed by atoms with Gasteiger partial charge in [0.2, 0.25) is 0 Å². The summed E-state index contributed by atoms with van der Waals surface area (Å²) in [6.45, 7) is 2.13. The standard InChI is InChI=1S/C22H26ClNO/c23-13-12-21-17-8-2-4-10-19(17)22(16-24-14-6-1-7-15-25)20-11-5-3-9-18(20)21/h2-5,8-11,24-25H,1,6-7,12-16H2. The average Bonchev–Trinajstić information content (AvgIpc) is 2.66. The molecule has 0 aliphatic heterocycles. The van der Waals surface area contributed by atoms with Gasteiger partial charge in [0.15, 0.2) is 0 Å². The second kappa shape index (κ2) is 9.19.